The monoisotopic (exact) mass is 222 g/mol. The average Bonchev–Trinajstić information content (AvgIpc) is 2.50. The number of carbonyl (C=O) groups excluding carboxylic acids is 2. The van der Waals surface area contributed by atoms with Gasteiger partial charge < -0.3 is 0 Å². The third-order valence-corrected chi connectivity index (χ3v) is 2.71. The van der Waals surface area contributed by atoms with E-state index in [1.165, 1.54) is 4.90 Å². The first-order valence-corrected chi connectivity index (χ1v) is 5.59. The molecule has 0 radical (unpaired) electrons. The maximum Gasteiger partial charge on any atom is 0.247 e. The number of nitrogens with one attached hydrogen (secondary N) is 1. The van der Waals surface area contributed by atoms with E-state index in [4.69, 9.17) is 6.42 Å². The average molecular weight is 222 g/mol. The van der Waals surface area contributed by atoms with Crippen LogP contribution >= 0.6 is 0 Å². The molecule has 0 aliphatic carbocycles. The fourth-order valence-electron chi connectivity index (χ4n) is 1.85. The molecule has 0 aromatic carbocycles. The Morgan fingerprint density at radius 3 is 2.56 bits per heavy atom. The normalized spacial score (nSPS) is 22.7. The molecule has 0 aromatic rings. The highest BCUT2D eigenvalue weighted by atomic mass is 16.2. The molecule has 0 aromatic heterocycles. The number of carbonyl (C=O) groups is 2. The van der Waals surface area contributed by atoms with Crippen LogP contribution in [0.1, 0.15) is 33.6 Å². The van der Waals surface area contributed by atoms with Gasteiger partial charge in [0.05, 0.1) is 18.5 Å². The smallest absolute Gasteiger partial charge is 0.247 e. The Morgan fingerprint density at radius 2 is 2.19 bits per heavy atom. The van der Waals surface area contributed by atoms with Crippen molar-refractivity contribution in [1.29, 1.82) is 0 Å². The lowest BCUT2D eigenvalue weighted by molar-refractivity contribution is -0.140. The van der Waals surface area contributed by atoms with Gasteiger partial charge >= 0.3 is 0 Å². The van der Waals surface area contributed by atoms with Crippen LogP contribution in [0.4, 0.5) is 0 Å². The molecular weight excluding hydrogens is 204 g/mol. The van der Waals surface area contributed by atoms with Gasteiger partial charge in [0.2, 0.25) is 11.8 Å². The van der Waals surface area contributed by atoms with Gasteiger partial charge in [0.1, 0.15) is 0 Å². The number of imide groups is 1. The van der Waals surface area contributed by atoms with Crippen LogP contribution < -0.4 is 5.32 Å². The van der Waals surface area contributed by atoms with Crippen LogP contribution in [0.5, 0.6) is 0 Å². The zero-order chi connectivity index (χ0) is 12.3. The third-order valence-electron chi connectivity index (χ3n) is 2.71. The second-order valence-corrected chi connectivity index (χ2v) is 4.25. The molecule has 0 bridgehead atoms. The van der Waals surface area contributed by atoms with Crippen molar-refractivity contribution in [1.82, 2.24) is 10.2 Å². The van der Waals surface area contributed by atoms with E-state index in [0.29, 0.717) is 0 Å². The van der Waals surface area contributed by atoms with Crippen molar-refractivity contribution in [2.75, 3.05) is 0 Å². The molecule has 4 heteroatoms. The summed E-state index contributed by atoms with van der Waals surface area (Å²) in [5, 5.41) is 3.03. The van der Waals surface area contributed by atoms with Crippen LogP contribution in [0.2, 0.25) is 0 Å². The molecule has 16 heavy (non-hydrogen) atoms. The maximum absolute atomic E-state index is 11.9. The van der Waals surface area contributed by atoms with Crippen LogP contribution in [0.3, 0.4) is 0 Å². The minimum Gasteiger partial charge on any atom is -0.292 e. The molecule has 1 fully saturated rings. The molecule has 2 amide bonds. The predicted molar refractivity (Wildman–Crippen MR) is 61.4 cm³/mol. The van der Waals surface area contributed by atoms with Gasteiger partial charge in [-0.05, 0) is 20.3 Å². The predicted octanol–water partition coefficient (Wildman–Crippen LogP) is 0.524. The molecule has 2 unspecified atom stereocenters. The first-order valence-electron chi connectivity index (χ1n) is 5.59. The summed E-state index contributed by atoms with van der Waals surface area (Å²) in [7, 11) is 0. The van der Waals surface area contributed by atoms with Gasteiger partial charge in [-0.2, -0.15) is 0 Å². The first-order chi connectivity index (χ1) is 7.51. The van der Waals surface area contributed by atoms with Gasteiger partial charge in [0, 0.05) is 6.04 Å². The van der Waals surface area contributed by atoms with Gasteiger partial charge in [-0.3, -0.25) is 19.8 Å². The number of likely N-dealkylation sites (tertiary alicyclic amines) is 1. The third kappa shape index (κ3) is 2.42. The van der Waals surface area contributed by atoms with Crippen LogP contribution in [0, 0.1) is 12.3 Å². The fourth-order valence-corrected chi connectivity index (χ4v) is 1.85. The summed E-state index contributed by atoms with van der Waals surface area (Å²) in [6.45, 7) is 5.60. The fraction of sp³-hybridized carbons (Fsp3) is 0.667. The van der Waals surface area contributed by atoms with E-state index in [2.05, 4.69) is 11.2 Å². The van der Waals surface area contributed by atoms with Crippen molar-refractivity contribution < 1.29 is 9.59 Å². The second-order valence-electron chi connectivity index (χ2n) is 4.25. The topological polar surface area (TPSA) is 49.4 Å². The van der Waals surface area contributed by atoms with Gasteiger partial charge in [-0.1, -0.05) is 12.8 Å². The molecular formula is C12H18N2O2. The Balaban J connectivity index is 2.70. The van der Waals surface area contributed by atoms with Crippen LogP contribution in [-0.2, 0) is 9.59 Å². The van der Waals surface area contributed by atoms with E-state index in [1.807, 2.05) is 20.8 Å². The standard InChI is InChI=1S/C12H18N2O2/c1-5-9(6-2)13-10-7-11(15)14(8(3)4)12(10)16/h1,8-10,13H,6-7H2,2-4H3. The van der Waals surface area contributed by atoms with Gasteiger partial charge in [0.25, 0.3) is 0 Å². The number of hydrogen-bond acceptors (Lipinski definition) is 3. The SMILES string of the molecule is C#CC(CC)NC1CC(=O)N(C(C)C)C1=O. The quantitative estimate of drug-likeness (QED) is 0.557. The van der Waals surface area contributed by atoms with Crippen LogP contribution in [-0.4, -0.2) is 34.8 Å². The lowest BCUT2D eigenvalue weighted by Gasteiger charge is -2.20. The highest BCUT2D eigenvalue weighted by Gasteiger charge is 2.40. The summed E-state index contributed by atoms with van der Waals surface area (Å²) in [4.78, 5) is 24.8. The van der Waals surface area contributed by atoms with E-state index in [9.17, 15) is 9.59 Å². The Hall–Kier alpha value is -1.34. The van der Waals surface area contributed by atoms with E-state index in [0.717, 1.165) is 6.42 Å². The van der Waals surface area contributed by atoms with Crippen LogP contribution in [0.25, 0.3) is 0 Å². The van der Waals surface area contributed by atoms with Crippen molar-refractivity contribution >= 4 is 11.8 Å². The molecule has 0 saturated carbocycles. The van der Waals surface area contributed by atoms with E-state index in [-0.39, 0.29) is 30.3 Å². The highest BCUT2D eigenvalue weighted by Crippen LogP contribution is 2.16. The number of nitrogens with zero attached hydrogens (tertiary/aromatic N) is 1. The van der Waals surface area contributed by atoms with Crippen molar-refractivity contribution in [3.8, 4) is 12.3 Å². The second kappa shape index (κ2) is 5.13. The summed E-state index contributed by atoms with van der Waals surface area (Å²) >= 11 is 0. The molecule has 1 aliphatic rings. The molecule has 2 atom stereocenters. The summed E-state index contributed by atoms with van der Waals surface area (Å²) < 4.78 is 0. The minimum atomic E-state index is -0.448. The minimum absolute atomic E-state index is 0.0855. The van der Waals surface area contributed by atoms with E-state index in [1.54, 1.807) is 0 Å². The van der Waals surface area contributed by atoms with Crippen molar-refractivity contribution in [2.24, 2.45) is 0 Å². The summed E-state index contributed by atoms with van der Waals surface area (Å²) in [6.07, 6.45) is 6.28. The zero-order valence-corrected chi connectivity index (χ0v) is 9.99. The molecule has 1 heterocycles. The van der Waals surface area contributed by atoms with E-state index >= 15 is 0 Å². The van der Waals surface area contributed by atoms with Gasteiger partial charge in [-0.25, -0.2) is 0 Å². The maximum atomic E-state index is 11.9. The highest BCUT2D eigenvalue weighted by molar-refractivity contribution is 6.05. The van der Waals surface area contributed by atoms with Gasteiger partial charge in [-0.15, -0.1) is 6.42 Å². The van der Waals surface area contributed by atoms with Crippen molar-refractivity contribution in [3.63, 3.8) is 0 Å². The Labute approximate surface area is 96.4 Å². The molecule has 1 rings (SSSR count). The number of terminal acetylenes is 1. The van der Waals surface area contributed by atoms with Crippen molar-refractivity contribution in [3.05, 3.63) is 0 Å². The van der Waals surface area contributed by atoms with Crippen molar-refractivity contribution in [2.45, 2.75) is 51.7 Å². The molecule has 1 N–H and O–H groups in total. The summed E-state index contributed by atoms with van der Waals surface area (Å²) in [5.41, 5.74) is 0. The number of rotatable bonds is 4. The molecule has 1 aliphatic heterocycles. The molecule has 1 saturated heterocycles. The number of hydrogen-bond donors (Lipinski definition) is 1. The summed E-state index contributed by atoms with van der Waals surface area (Å²) in [6, 6.07) is -0.678. The van der Waals surface area contributed by atoms with Crippen LogP contribution in [0.15, 0.2) is 0 Å². The molecule has 0 spiro atoms. The number of amides is 2. The van der Waals surface area contributed by atoms with Gasteiger partial charge in [0.15, 0.2) is 0 Å². The zero-order valence-electron chi connectivity index (χ0n) is 9.99. The Bertz CT molecular complexity index is 330. The lowest BCUT2D eigenvalue weighted by atomic mass is 10.1. The first kappa shape index (κ1) is 12.7. The largest absolute Gasteiger partial charge is 0.292 e. The van der Waals surface area contributed by atoms with E-state index < -0.39 is 6.04 Å². The molecule has 88 valence electrons. The lowest BCUT2D eigenvalue weighted by Crippen LogP contribution is -2.44. The Kier molecular flexibility index (Phi) is 4.08. The molecule has 4 nitrogen and oxygen atoms in total. The summed E-state index contributed by atoms with van der Waals surface area (Å²) in [5.74, 6) is 2.29. The Morgan fingerprint density at radius 1 is 1.56 bits per heavy atom.